The van der Waals surface area contributed by atoms with E-state index in [1.54, 1.807) is 0 Å². The first-order valence-electron chi connectivity index (χ1n) is 35.9. The summed E-state index contributed by atoms with van der Waals surface area (Å²) in [7, 11) is 0. The highest BCUT2D eigenvalue weighted by molar-refractivity contribution is 5.77. The van der Waals surface area contributed by atoms with Crippen LogP contribution in [-0.2, 0) is 95.0 Å². The van der Waals surface area contributed by atoms with E-state index in [4.69, 9.17) is 75.8 Å². The van der Waals surface area contributed by atoms with Crippen molar-refractivity contribution in [1.29, 1.82) is 0 Å². The van der Waals surface area contributed by atoms with Crippen LogP contribution in [0.25, 0.3) is 0 Å². The van der Waals surface area contributed by atoms with Gasteiger partial charge < -0.3 is 230 Å². The summed E-state index contributed by atoms with van der Waals surface area (Å²) in [6, 6.07) is -6.00. The lowest BCUT2D eigenvalue weighted by Gasteiger charge is -2.52. The predicted octanol–water partition coefficient (Wildman–Crippen LogP) is -19.3. The molecule has 0 aromatic carbocycles. The molecule has 45 atom stereocenters. The van der Waals surface area contributed by atoms with Gasteiger partial charge in [-0.1, -0.05) is 0 Å². The number of carbonyl (C=O) groups excluding carboxylic acids is 3. The highest BCUT2D eigenvalue weighted by Gasteiger charge is 2.63. The second-order valence-corrected chi connectivity index (χ2v) is 28.6. The van der Waals surface area contributed by atoms with Gasteiger partial charge in [0.15, 0.2) is 44.0 Å². The summed E-state index contributed by atoms with van der Waals surface area (Å²) >= 11 is 0. The molecule has 3 amide bonds. The molecular weight excluding hydrogens is 1550 g/mol. The molecule has 8 fully saturated rings. The standard InChI is InChI=1S/C63H107N3O47/c1-15-32(81)39(88)42(91)57(99-15)107-49-27(13-73)104-56(31(66-19(5)76)52(49)110-61-46(95)54(37(86)25(11-71)102-61)113-63(62(96)97)6-20(77)29(64-17(3)74)50(112-63)35(84)22(79)8-68)111-53-38(87)28(105-60(45(53)94)106-47(23(80)9-69)34(83)21(78)7-67)14-98-55-30(65-18(4)75)51(109-58-43(92)40(89)33(82)16(2)100-58)48(26(12-72)103-55)108-59-44(93)41(90)36(85)24(10-70)101-59/h15-16,20-61,67-73,77-95H,6-14H2,1-5H3,(H,64,74)(H,65,75)(H,66,76)(H,96,97)/t15-,16-,20-,21-,22+,23+,24+,25+,26+,27+,28+,29+,30+,31+,32+,33+,34+,35+,36-,37-,38-,39+,40+,41-,42-,43-,44+,45+,46+,47+,48+,49+,50+,51+,52+,53-,54-,55+,56-,57-,58-,59-,60-,61-,63-/m0/s1. The lowest BCUT2D eigenvalue weighted by Crippen LogP contribution is -2.72. The van der Waals surface area contributed by atoms with Gasteiger partial charge in [0, 0.05) is 27.2 Å². The highest BCUT2D eigenvalue weighted by Crippen LogP contribution is 2.42. The van der Waals surface area contributed by atoms with Crippen LogP contribution in [0, 0.1) is 0 Å². The number of carboxylic acid groups (broad SMARTS) is 1. The fraction of sp³-hybridized carbons (Fsp3) is 0.937. The molecule has 50 heteroatoms. The van der Waals surface area contributed by atoms with Gasteiger partial charge in [0.25, 0.3) is 5.79 Å². The minimum Gasteiger partial charge on any atom is -0.477 e. The minimum atomic E-state index is -3.40. The van der Waals surface area contributed by atoms with E-state index in [-0.39, 0.29) is 0 Å². The van der Waals surface area contributed by atoms with Crippen molar-refractivity contribution < 1.29 is 233 Å². The molecule has 0 aliphatic carbocycles. The number of rotatable bonds is 33. The SMILES string of the molecule is CC(=O)N[C@H]1[C@H](O[C@H]2[C@@H](O)[C@@H](CO[C@@H]3O[C@H](CO)[C@@H](O[C@@H]4O[C@H](CO)[C@H](O)[C@H](O)[C@H]4O)[C@H](O[C@@H]4O[C@@H](C)[C@@H](O)[C@@H](O)[C@@H]4O)[C@H]3NC(C)=O)O[C@@H](O[C@@H]([C@H](O)[C@@H](O)CO)[C@H](O)CO)[C@@H]2O)O[C@H](CO)[C@@H](O[C@@H]2O[C@@H](C)[C@@H](O)[C@@H](O)[C@@H]2O)[C@@H]1O[C@@H]1O[C@H](CO)[C@H](O)[C@H](O[C@]2(C(=O)O)C[C@H](O)[C@@H](NC(C)=O)[C@H]([C@H](O)[C@H](O)CO)O2)[C@H]1O. The Kier molecular flexibility index (Phi) is 34.3. The van der Waals surface area contributed by atoms with Crippen molar-refractivity contribution in [3.05, 3.63) is 0 Å². The number of nitrogens with one attached hydrogen (secondary N) is 3. The molecule has 8 aliphatic rings. The van der Waals surface area contributed by atoms with E-state index < -0.39 is 358 Å². The topological polar surface area (TPSA) is 798 Å². The van der Waals surface area contributed by atoms with Gasteiger partial charge in [-0.15, -0.1) is 0 Å². The zero-order chi connectivity index (χ0) is 84.0. The van der Waals surface area contributed by atoms with Crippen molar-refractivity contribution in [1.82, 2.24) is 16.0 Å². The monoisotopic (exact) mass is 1660 g/mol. The Morgan fingerprint density at radius 3 is 1.24 bits per heavy atom. The molecule has 30 N–H and O–H groups in total. The maximum Gasteiger partial charge on any atom is 0.364 e. The molecule has 50 nitrogen and oxygen atoms in total. The van der Waals surface area contributed by atoms with Crippen molar-refractivity contribution >= 4 is 23.7 Å². The highest BCUT2D eigenvalue weighted by atomic mass is 16.8. The number of aliphatic carboxylic acids is 1. The smallest absolute Gasteiger partial charge is 0.364 e. The number of hydrogen-bond donors (Lipinski definition) is 30. The summed E-state index contributed by atoms with van der Waals surface area (Å²) < 4.78 is 96.0. The zero-order valence-corrected chi connectivity index (χ0v) is 61.0. The van der Waals surface area contributed by atoms with E-state index in [1.807, 2.05) is 0 Å². The second kappa shape index (κ2) is 41.0. The Hall–Kier alpha value is -3.80. The molecule has 8 rings (SSSR count). The second-order valence-electron chi connectivity index (χ2n) is 28.6. The molecule has 113 heavy (non-hydrogen) atoms. The molecule has 0 unspecified atom stereocenters. The number of carbonyl (C=O) groups is 4. The van der Waals surface area contributed by atoms with Crippen LogP contribution in [0.4, 0.5) is 0 Å². The maximum absolute atomic E-state index is 13.7. The average Bonchev–Trinajstić information content (AvgIpc) is 0.750. The van der Waals surface area contributed by atoms with Crippen LogP contribution in [-0.4, -0.2) is 490 Å². The first kappa shape index (κ1) is 94.7. The lowest BCUT2D eigenvalue weighted by molar-refractivity contribution is -0.398. The Morgan fingerprint density at radius 1 is 0.398 bits per heavy atom. The fourth-order valence-corrected chi connectivity index (χ4v) is 14.3. The van der Waals surface area contributed by atoms with E-state index in [9.17, 15) is 157 Å². The van der Waals surface area contributed by atoms with E-state index >= 15 is 0 Å². The summed E-state index contributed by atoms with van der Waals surface area (Å²) in [6.07, 6.45) is -90.6. The molecule has 8 saturated heterocycles. The van der Waals surface area contributed by atoms with E-state index in [1.165, 1.54) is 13.8 Å². The lowest BCUT2D eigenvalue weighted by atomic mass is 9.88. The molecule has 656 valence electrons. The van der Waals surface area contributed by atoms with Crippen LogP contribution >= 0.6 is 0 Å². The molecule has 8 heterocycles. The van der Waals surface area contributed by atoms with Crippen molar-refractivity contribution in [2.24, 2.45) is 0 Å². The van der Waals surface area contributed by atoms with Gasteiger partial charge in [-0.2, -0.15) is 0 Å². The third-order valence-electron chi connectivity index (χ3n) is 20.5. The first-order chi connectivity index (χ1) is 53.2. The molecule has 0 saturated carbocycles. The van der Waals surface area contributed by atoms with Gasteiger partial charge in [0.05, 0.1) is 77.2 Å². The summed E-state index contributed by atoms with van der Waals surface area (Å²) in [5.41, 5.74) is 0. The summed E-state index contributed by atoms with van der Waals surface area (Å²) in [4.78, 5) is 52.9. The van der Waals surface area contributed by atoms with Gasteiger partial charge in [-0.3, -0.25) is 14.4 Å². The quantitative estimate of drug-likeness (QED) is 0.0290. The van der Waals surface area contributed by atoms with Crippen LogP contribution in [0.3, 0.4) is 0 Å². The summed E-state index contributed by atoms with van der Waals surface area (Å²) in [5.74, 6) is -8.63. The van der Waals surface area contributed by atoms with Crippen molar-refractivity contribution in [3.8, 4) is 0 Å². The van der Waals surface area contributed by atoms with Crippen molar-refractivity contribution in [2.75, 3.05) is 52.9 Å². The Balaban J connectivity index is 1.21. The Morgan fingerprint density at radius 2 is 0.779 bits per heavy atom. The summed E-state index contributed by atoms with van der Waals surface area (Å²) in [6.45, 7) is -4.77. The predicted molar refractivity (Wildman–Crippen MR) is 348 cm³/mol. The van der Waals surface area contributed by atoms with Gasteiger partial charge in [0.1, 0.15) is 201 Å². The Labute approximate surface area is 640 Å². The number of hydrogen-bond acceptors (Lipinski definition) is 46. The van der Waals surface area contributed by atoms with E-state index in [0.29, 0.717) is 0 Å². The van der Waals surface area contributed by atoms with Gasteiger partial charge >= 0.3 is 5.97 Å². The van der Waals surface area contributed by atoms with Crippen LogP contribution in [0.5, 0.6) is 0 Å². The van der Waals surface area contributed by atoms with E-state index in [0.717, 1.165) is 20.8 Å². The molecule has 0 aromatic heterocycles. The average molecular weight is 1660 g/mol. The minimum absolute atomic E-state index is 0.836. The molecule has 0 bridgehead atoms. The third kappa shape index (κ3) is 21.2. The number of carboxylic acids is 1. The zero-order valence-electron chi connectivity index (χ0n) is 61.0. The van der Waals surface area contributed by atoms with Crippen molar-refractivity contribution in [3.63, 3.8) is 0 Å². The first-order valence-corrected chi connectivity index (χ1v) is 35.9. The van der Waals surface area contributed by atoms with Gasteiger partial charge in [-0.05, 0) is 13.8 Å². The molecule has 0 aromatic rings. The molecular formula is C63H107N3O47. The number of ether oxygens (including phenoxy) is 16. The normalized spacial score (nSPS) is 46.3. The van der Waals surface area contributed by atoms with Gasteiger partial charge in [-0.25, -0.2) is 4.79 Å². The third-order valence-corrected chi connectivity index (χ3v) is 20.5. The number of aliphatic hydroxyl groups excluding tert-OH is 26. The van der Waals surface area contributed by atoms with Gasteiger partial charge in [0.2, 0.25) is 17.7 Å². The van der Waals surface area contributed by atoms with Crippen LogP contribution in [0.15, 0.2) is 0 Å². The van der Waals surface area contributed by atoms with Crippen LogP contribution < -0.4 is 16.0 Å². The van der Waals surface area contributed by atoms with Crippen LogP contribution in [0.1, 0.15) is 41.0 Å². The van der Waals surface area contributed by atoms with Crippen LogP contribution in [0.2, 0.25) is 0 Å². The molecule has 0 spiro atoms. The number of amides is 3. The molecule has 0 radical (unpaired) electrons. The Bertz CT molecular complexity index is 2990. The molecule has 8 aliphatic heterocycles. The number of aliphatic hydroxyl groups is 26. The maximum atomic E-state index is 13.7. The van der Waals surface area contributed by atoms with E-state index in [2.05, 4.69) is 16.0 Å². The largest absolute Gasteiger partial charge is 0.477 e. The fourth-order valence-electron chi connectivity index (χ4n) is 14.3. The van der Waals surface area contributed by atoms with Crippen molar-refractivity contribution in [2.45, 2.75) is 317 Å². The summed E-state index contributed by atoms with van der Waals surface area (Å²) in [5, 5.41) is 305.